The number of carbonyl (C=O) groups is 1. The summed E-state index contributed by atoms with van der Waals surface area (Å²) in [6.45, 7) is 5.83. The zero-order valence-corrected chi connectivity index (χ0v) is 15.9. The molecular formula is C20H27FN4O2. The number of nitrogens with one attached hydrogen (secondary N) is 2. The van der Waals surface area contributed by atoms with Crippen molar-refractivity contribution in [2.45, 2.75) is 13.1 Å². The number of allylic oxidation sites excluding steroid dienone is 2. The Morgan fingerprint density at radius 1 is 1.33 bits per heavy atom. The summed E-state index contributed by atoms with van der Waals surface area (Å²) in [5, 5.41) is 6.41. The summed E-state index contributed by atoms with van der Waals surface area (Å²) in [6, 6.07) is 4.65. The lowest BCUT2D eigenvalue weighted by molar-refractivity contribution is 0.0583. The van der Waals surface area contributed by atoms with E-state index in [0.717, 1.165) is 13.1 Å². The van der Waals surface area contributed by atoms with Gasteiger partial charge in [0.1, 0.15) is 5.82 Å². The highest BCUT2D eigenvalue weighted by atomic mass is 19.1. The molecule has 146 valence electrons. The summed E-state index contributed by atoms with van der Waals surface area (Å²) in [5.41, 5.74) is 1.95. The number of anilines is 1. The molecule has 2 N–H and O–H groups in total. The number of methoxy groups -OCH3 is 1. The maximum atomic E-state index is 14.4. The summed E-state index contributed by atoms with van der Waals surface area (Å²) in [7, 11) is 1.61. The van der Waals surface area contributed by atoms with E-state index in [-0.39, 0.29) is 17.6 Å². The lowest BCUT2D eigenvalue weighted by atomic mass is 10.1. The number of halogens is 1. The summed E-state index contributed by atoms with van der Waals surface area (Å²) in [4.78, 5) is 16.7. The van der Waals surface area contributed by atoms with Crippen molar-refractivity contribution in [2.75, 3.05) is 51.8 Å². The first-order valence-electron chi connectivity index (χ1n) is 9.25. The Labute approximate surface area is 159 Å². The molecule has 1 atom stereocenters. The fraction of sp³-hybridized carbons (Fsp3) is 0.450. The Bertz CT molecular complexity index is 727. The Balaban J connectivity index is 1.55. The van der Waals surface area contributed by atoms with Gasteiger partial charge in [-0.1, -0.05) is 6.08 Å². The van der Waals surface area contributed by atoms with Crippen molar-refractivity contribution in [3.05, 3.63) is 53.5 Å². The Kier molecular flexibility index (Phi) is 6.47. The van der Waals surface area contributed by atoms with Crippen molar-refractivity contribution in [3.63, 3.8) is 0 Å². The summed E-state index contributed by atoms with van der Waals surface area (Å²) in [5.74, 6) is -0.749. The largest absolute Gasteiger partial charge is 0.383 e. The van der Waals surface area contributed by atoms with Gasteiger partial charge in [0.2, 0.25) is 0 Å². The number of carbonyl (C=O) groups excluding carboxylic acids is 1. The highest BCUT2D eigenvalue weighted by Crippen LogP contribution is 2.18. The first kappa shape index (κ1) is 19.4. The average Bonchev–Trinajstić information content (AvgIpc) is 2.69. The van der Waals surface area contributed by atoms with Crippen molar-refractivity contribution in [2.24, 2.45) is 0 Å². The molecule has 0 bridgehead atoms. The topological polar surface area (TPSA) is 56.8 Å². The molecule has 27 heavy (non-hydrogen) atoms. The second kappa shape index (κ2) is 9.01. The quantitative estimate of drug-likeness (QED) is 0.747. The second-order valence-electron chi connectivity index (χ2n) is 6.80. The van der Waals surface area contributed by atoms with Crippen molar-refractivity contribution in [1.82, 2.24) is 15.1 Å². The van der Waals surface area contributed by atoms with E-state index in [1.807, 2.05) is 13.1 Å². The van der Waals surface area contributed by atoms with Crippen molar-refractivity contribution in [3.8, 4) is 0 Å². The van der Waals surface area contributed by atoms with Gasteiger partial charge in [-0.25, -0.2) is 4.39 Å². The molecule has 0 radical (unpaired) electrons. The Morgan fingerprint density at radius 3 is 2.74 bits per heavy atom. The van der Waals surface area contributed by atoms with Gasteiger partial charge >= 0.3 is 0 Å². The van der Waals surface area contributed by atoms with E-state index in [4.69, 9.17) is 4.74 Å². The van der Waals surface area contributed by atoms with Crippen LogP contribution in [0.15, 0.2) is 42.1 Å². The molecule has 6 nitrogen and oxygen atoms in total. The maximum absolute atomic E-state index is 14.4. The zero-order valence-electron chi connectivity index (χ0n) is 15.9. The van der Waals surface area contributed by atoms with Crippen LogP contribution < -0.4 is 10.6 Å². The van der Waals surface area contributed by atoms with E-state index in [1.54, 1.807) is 24.1 Å². The average molecular weight is 374 g/mol. The van der Waals surface area contributed by atoms with Crippen LogP contribution in [0, 0.1) is 5.82 Å². The van der Waals surface area contributed by atoms with Crippen LogP contribution >= 0.6 is 0 Å². The van der Waals surface area contributed by atoms with Gasteiger partial charge < -0.3 is 20.3 Å². The van der Waals surface area contributed by atoms with Gasteiger partial charge in [0, 0.05) is 51.7 Å². The first-order valence-corrected chi connectivity index (χ1v) is 9.25. The molecule has 3 rings (SSSR count). The van der Waals surface area contributed by atoms with Gasteiger partial charge in [0.15, 0.2) is 0 Å². The minimum Gasteiger partial charge on any atom is -0.383 e. The molecule has 0 spiro atoms. The highest BCUT2D eigenvalue weighted by molar-refractivity contribution is 5.95. The molecule has 2 aliphatic rings. The van der Waals surface area contributed by atoms with Gasteiger partial charge in [0.05, 0.1) is 18.3 Å². The minimum atomic E-state index is -0.498. The molecule has 0 saturated carbocycles. The van der Waals surface area contributed by atoms with Gasteiger partial charge in [-0.2, -0.15) is 0 Å². The number of ether oxygens (including phenoxy) is 1. The number of piperazine rings is 1. The number of amides is 1. The molecule has 1 saturated heterocycles. The maximum Gasteiger partial charge on any atom is 0.256 e. The SMILES string of the molecule is COCCNc1ccc(C(=O)N2CCN(C3C=CC(C)=CN3)CC2)c(F)c1. The molecule has 1 aromatic rings. The van der Waals surface area contributed by atoms with E-state index < -0.39 is 5.82 Å². The van der Waals surface area contributed by atoms with E-state index in [9.17, 15) is 9.18 Å². The third-order valence-corrected chi connectivity index (χ3v) is 4.85. The van der Waals surface area contributed by atoms with Crippen molar-refractivity contribution < 1.29 is 13.9 Å². The summed E-state index contributed by atoms with van der Waals surface area (Å²) < 4.78 is 19.4. The fourth-order valence-corrected chi connectivity index (χ4v) is 3.26. The fourth-order valence-electron chi connectivity index (χ4n) is 3.26. The van der Waals surface area contributed by atoms with Crippen LogP contribution in [0.4, 0.5) is 10.1 Å². The van der Waals surface area contributed by atoms with E-state index >= 15 is 0 Å². The number of hydrogen-bond donors (Lipinski definition) is 2. The van der Waals surface area contributed by atoms with Crippen LogP contribution in [-0.2, 0) is 4.74 Å². The number of benzene rings is 1. The molecule has 2 heterocycles. The number of nitrogens with zero attached hydrogens (tertiary/aromatic N) is 2. The van der Waals surface area contributed by atoms with Gasteiger partial charge in [0.25, 0.3) is 5.91 Å². The normalized spacial score (nSPS) is 20.2. The standard InChI is InChI=1S/C20H27FN4O2/c1-15-3-6-19(23-14-15)24-8-10-25(11-9-24)20(26)17-5-4-16(13-18(17)21)22-7-12-27-2/h3-6,13-14,19,22-23H,7-12H2,1-2H3. The lowest BCUT2D eigenvalue weighted by Crippen LogP contribution is -2.54. The lowest BCUT2D eigenvalue weighted by Gasteiger charge is -2.39. The molecule has 1 aromatic carbocycles. The monoisotopic (exact) mass is 374 g/mol. The predicted molar refractivity (Wildman–Crippen MR) is 104 cm³/mol. The smallest absolute Gasteiger partial charge is 0.256 e. The van der Waals surface area contributed by atoms with E-state index in [0.29, 0.717) is 31.9 Å². The first-order chi connectivity index (χ1) is 13.1. The molecule has 1 fully saturated rings. The van der Waals surface area contributed by atoms with E-state index in [1.165, 1.54) is 11.6 Å². The van der Waals surface area contributed by atoms with Crippen LogP contribution in [0.2, 0.25) is 0 Å². The van der Waals surface area contributed by atoms with Crippen molar-refractivity contribution >= 4 is 11.6 Å². The molecule has 0 aromatic heterocycles. The van der Waals surface area contributed by atoms with E-state index in [2.05, 4.69) is 27.7 Å². The van der Waals surface area contributed by atoms with Crippen LogP contribution in [-0.4, -0.2) is 68.3 Å². The Hall–Kier alpha value is -2.38. The number of dihydropyridines is 1. The molecule has 0 aliphatic carbocycles. The molecule has 1 unspecified atom stereocenters. The third kappa shape index (κ3) is 4.87. The Morgan fingerprint density at radius 2 is 2.11 bits per heavy atom. The van der Waals surface area contributed by atoms with Crippen LogP contribution in [0.25, 0.3) is 0 Å². The van der Waals surface area contributed by atoms with Gasteiger partial charge in [-0.15, -0.1) is 0 Å². The number of hydrogen-bond acceptors (Lipinski definition) is 5. The van der Waals surface area contributed by atoms with Crippen molar-refractivity contribution in [1.29, 1.82) is 0 Å². The summed E-state index contributed by atoms with van der Waals surface area (Å²) >= 11 is 0. The molecule has 1 amide bonds. The second-order valence-corrected chi connectivity index (χ2v) is 6.80. The molecule has 7 heteroatoms. The van der Waals surface area contributed by atoms with Gasteiger partial charge in [-0.05, 0) is 36.8 Å². The van der Waals surface area contributed by atoms with Crippen LogP contribution in [0.1, 0.15) is 17.3 Å². The predicted octanol–water partition coefficient (Wildman–Crippen LogP) is 2.03. The van der Waals surface area contributed by atoms with Crippen LogP contribution in [0.3, 0.4) is 0 Å². The third-order valence-electron chi connectivity index (χ3n) is 4.85. The molecule has 2 aliphatic heterocycles. The zero-order chi connectivity index (χ0) is 19.2. The minimum absolute atomic E-state index is 0.120. The van der Waals surface area contributed by atoms with Gasteiger partial charge in [-0.3, -0.25) is 9.69 Å². The molecular weight excluding hydrogens is 347 g/mol. The number of rotatable bonds is 6. The van der Waals surface area contributed by atoms with Crippen LogP contribution in [0.5, 0.6) is 0 Å². The highest BCUT2D eigenvalue weighted by Gasteiger charge is 2.27. The summed E-state index contributed by atoms with van der Waals surface area (Å²) in [6.07, 6.45) is 6.37.